The summed E-state index contributed by atoms with van der Waals surface area (Å²) in [5, 5.41) is 9.70. The van der Waals surface area contributed by atoms with Crippen molar-refractivity contribution in [1.29, 1.82) is 0 Å². The van der Waals surface area contributed by atoms with Crippen LogP contribution in [0.5, 0.6) is 0 Å². The van der Waals surface area contributed by atoms with Crippen LogP contribution in [0.15, 0.2) is 47.7 Å². The number of hydrogen-bond acceptors (Lipinski definition) is 4. The Morgan fingerprint density at radius 1 is 1.02 bits per heavy atom. The number of fused-ring (bicyclic) bond motifs is 4. The number of carbonyl (C=O) groups is 2. The monoisotopic (exact) mass is 730 g/mol. The second-order valence-electron chi connectivity index (χ2n) is 20.0. The molecule has 4 aliphatic carbocycles. The molecule has 0 amide bonds. The molecule has 0 radical (unpaired) electrons. The first-order chi connectivity index (χ1) is 24.9. The molecular weight excluding hydrogens is 655 g/mol. The average molecular weight is 730 g/mol. The van der Waals surface area contributed by atoms with Gasteiger partial charge >= 0.3 is 5.97 Å². The van der Waals surface area contributed by atoms with Crippen LogP contribution in [-0.4, -0.2) is 41.0 Å². The molecule has 0 bridgehead atoms. The number of ketones is 1. The molecule has 8 atom stereocenters. The van der Waals surface area contributed by atoms with Crippen LogP contribution in [0.2, 0.25) is 0 Å². The maximum absolute atomic E-state index is 14.1. The minimum Gasteiger partial charge on any atom is -0.495 e. The predicted molar refractivity (Wildman–Crippen MR) is 218 cm³/mol. The van der Waals surface area contributed by atoms with E-state index >= 15 is 0 Å². The van der Waals surface area contributed by atoms with E-state index in [4.69, 9.17) is 4.74 Å². The molecule has 4 aliphatic rings. The zero-order valence-electron chi connectivity index (χ0n) is 35.4. The standard InChI is InChI=1S/C48H75NO4/c1-12-27-49(31-37-17-14-33(4)15-18-37)28-26-48-23-13-22-46(10)24-20-38-36(7)40(53-35(6)29-45(8,9)44(51)52)21-25-47(38,11)41(46)19-16-34(5)43(48)42(32(2)3)39(50)30-48/h14-15,17-18,32,34,36,38,40-41H,6,12-13,16,19-31H2,1-5,7-11H3,(H,51,52). The minimum absolute atomic E-state index is 0.0266. The van der Waals surface area contributed by atoms with Crippen LogP contribution in [-0.2, 0) is 20.9 Å². The van der Waals surface area contributed by atoms with Crippen molar-refractivity contribution < 1.29 is 19.4 Å². The second-order valence-corrected chi connectivity index (χ2v) is 20.0. The largest absolute Gasteiger partial charge is 0.495 e. The van der Waals surface area contributed by atoms with Crippen LogP contribution in [0.3, 0.4) is 0 Å². The topological polar surface area (TPSA) is 66.8 Å². The van der Waals surface area contributed by atoms with Gasteiger partial charge in [-0.2, -0.15) is 0 Å². The van der Waals surface area contributed by atoms with Crippen molar-refractivity contribution in [2.24, 2.45) is 51.2 Å². The minimum atomic E-state index is -0.883. The van der Waals surface area contributed by atoms with Crippen LogP contribution in [0.1, 0.15) is 157 Å². The highest BCUT2D eigenvalue weighted by atomic mass is 16.5. The van der Waals surface area contributed by atoms with Crippen molar-refractivity contribution in [3.05, 3.63) is 58.9 Å². The SMILES string of the molecule is C=C(CC(C)(C)C(=O)O)OC1CCC2(C)C(CCC3(C)CCCC4(CCN(CCC)Cc5ccc(C)cc5)CC(=O)C(C(C)C)=C4C(C)CCC32)C1C. The Labute approximate surface area is 323 Å². The number of ether oxygens (including phenoxy) is 1. The number of carboxylic acid groups (broad SMARTS) is 1. The molecule has 0 saturated heterocycles. The molecule has 8 unspecified atom stereocenters. The van der Waals surface area contributed by atoms with E-state index in [-0.39, 0.29) is 22.9 Å². The Morgan fingerprint density at radius 2 is 1.72 bits per heavy atom. The number of benzene rings is 1. The summed E-state index contributed by atoms with van der Waals surface area (Å²) in [7, 11) is 0. The second kappa shape index (κ2) is 16.4. The van der Waals surface area contributed by atoms with E-state index in [0.29, 0.717) is 53.5 Å². The van der Waals surface area contributed by atoms with Gasteiger partial charge in [0.05, 0.1) is 11.2 Å². The molecule has 1 aromatic carbocycles. The molecule has 5 rings (SSSR count). The summed E-state index contributed by atoms with van der Waals surface area (Å²) in [5.74, 6) is 2.51. The first kappa shape index (κ1) is 41.8. The molecule has 0 aliphatic heterocycles. The lowest BCUT2D eigenvalue weighted by atomic mass is 9.44. The molecular formula is C48H75NO4. The van der Waals surface area contributed by atoms with Crippen molar-refractivity contribution in [1.82, 2.24) is 4.90 Å². The van der Waals surface area contributed by atoms with E-state index in [1.165, 1.54) is 48.8 Å². The molecule has 296 valence electrons. The molecule has 0 heterocycles. The van der Waals surface area contributed by atoms with Gasteiger partial charge in [-0.3, -0.25) is 14.5 Å². The van der Waals surface area contributed by atoms with Crippen LogP contribution in [0, 0.1) is 58.2 Å². The Balaban J connectivity index is 1.37. The van der Waals surface area contributed by atoms with Crippen molar-refractivity contribution >= 4 is 11.8 Å². The number of nitrogens with zero attached hydrogens (tertiary/aromatic N) is 1. The average Bonchev–Trinajstić information content (AvgIpc) is 3.37. The highest BCUT2D eigenvalue weighted by molar-refractivity contribution is 6.00. The van der Waals surface area contributed by atoms with Crippen LogP contribution in [0.25, 0.3) is 0 Å². The van der Waals surface area contributed by atoms with Gasteiger partial charge in [-0.1, -0.05) is 96.9 Å². The highest BCUT2D eigenvalue weighted by Crippen LogP contribution is 2.65. The van der Waals surface area contributed by atoms with Gasteiger partial charge in [0.15, 0.2) is 5.78 Å². The Bertz CT molecular complexity index is 1510. The normalized spacial score (nSPS) is 33.7. The van der Waals surface area contributed by atoms with Gasteiger partial charge in [-0.05, 0) is 150 Å². The van der Waals surface area contributed by atoms with E-state index in [9.17, 15) is 14.7 Å². The third-order valence-electron chi connectivity index (χ3n) is 15.2. The zero-order chi connectivity index (χ0) is 38.9. The van der Waals surface area contributed by atoms with Crippen LogP contribution >= 0.6 is 0 Å². The summed E-state index contributed by atoms with van der Waals surface area (Å²) in [5.41, 5.74) is 5.02. The summed E-state index contributed by atoms with van der Waals surface area (Å²) < 4.78 is 6.54. The van der Waals surface area contributed by atoms with E-state index in [0.717, 1.165) is 58.2 Å². The third-order valence-corrected chi connectivity index (χ3v) is 15.2. The van der Waals surface area contributed by atoms with E-state index < -0.39 is 11.4 Å². The molecule has 1 N–H and O–H groups in total. The summed E-state index contributed by atoms with van der Waals surface area (Å²) in [6.45, 7) is 29.9. The fraction of sp³-hybridized carbons (Fsp3) is 0.750. The number of carboxylic acids is 1. The molecule has 1 aromatic rings. The number of carbonyl (C=O) groups excluding carboxylic acids is 1. The van der Waals surface area contributed by atoms with Gasteiger partial charge in [0, 0.05) is 24.8 Å². The molecule has 3 fully saturated rings. The van der Waals surface area contributed by atoms with Crippen molar-refractivity contribution in [3.63, 3.8) is 0 Å². The van der Waals surface area contributed by atoms with Gasteiger partial charge in [-0.25, -0.2) is 0 Å². The van der Waals surface area contributed by atoms with Gasteiger partial charge < -0.3 is 9.84 Å². The number of rotatable bonds is 13. The Morgan fingerprint density at radius 3 is 2.36 bits per heavy atom. The molecule has 0 aromatic heterocycles. The molecule has 3 saturated carbocycles. The van der Waals surface area contributed by atoms with Gasteiger partial charge in [0.25, 0.3) is 0 Å². The summed E-state index contributed by atoms with van der Waals surface area (Å²) in [6.07, 6.45) is 13.9. The lowest BCUT2D eigenvalue weighted by Crippen LogP contribution is -2.55. The number of aryl methyl sites for hydroxylation is 1. The van der Waals surface area contributed by atoms with E-state index in [2.05, 4.69) is 91.1 Å². The van der Waals surface area contributed by atoms with Crippen LogP contribution < -0.4 is 0 Å². The van der Waals surface area contributed by atoms with E-state index in [1.54, 1.807) is 19.4 Å². The fourth-order valence-electron chi connectivity index (χ4n) is 12.4. The third kappa shape index (κ3) is 8.71. The summed E-state index contributed by atoms with van der Waals surface area (Å²) in [6, 6.07) is 9.04. The predicted octanol–water partition coefficient (Wildman–Crippen LogP) is 12.0. The van der Waals surface area contributed by atoms with Crippen molar-refractivity contribution in [3.8, 4) is 0 Å². The van der Waals surface area contributed by atoms with Gasteiger partial charge in [0.2, 0.25) is 0 Å². The lowest BCUT2D eigenvalue weighted by molar-refractivity contribution is -0.150. The first-order valence-corrected chi connectivity index (χ1v) is 21.5. The number of aliphatic carboxylic acids is 1. The zero-order valence-corrected chi connectivity index (χ0v) is 35.4. The fourth-order valence-corrected chi connectivity index (χ4v) is 12.4. The van der Waals surface area contributed by atoms with Crippen molar-refractivity contribution in [2.75, 3.05) is 13.1 Å². The number of allylic oxidation sites excluding steroid dienone is 3. The maximum atomic E-state index is 14.1. The summed E-state index contributed by atoms with van der Waals surface area (Å²) in [4.78, 5) is 28.6. The molecule has 5 heteroatoms. The lowest BCUT2D eigenvalue weighted by Gasteiger charge is -2.62. The smallest absolute Gasteiger partial charge is 0.309 e. The maximum Gasteiger partial charge on any atom is 0.309 e. The molecule has 53 heavy (non-hydrogen) atoms. The Hall–Kier alpha value is -2.40. The van der Waals surface area contributed by atoms with Crippen molar-refractivity contribution in [2.45, 2.75) is 165 Å². The summed E-state index contributed by atoms with van der Waals surface area (Å²) >= 11 is 0. The Kier molecular flexibility index (Phi) is 12.9. The quantitative estimate of drug-likeness (QED) is 0.205. The van der Waals surface area contributed by atoms with Crippen LogP contribution in [0.4, 0.5) is 0 Å². The molecule has 0 spiro atoms. The molecule has 5 nitrogen and oxygen atoms in total. The number of Topliss-reactive ketones (excluding diaryl/α,β-unsaturated/α-hetero) is 1. The van der Waals surface area contributed by atoms with Gasteiger partial charge in [0.1, 0.15) is 6.10 Å². The first-order valence-electron chi connectivity index (χ1n) is 21.5. The van der Waals surface area contributed by atoms with Gasteiger partial charge in [-0.15, -0.1) is 0 Å². The highest BCUT2D eigenvalue weighted by Gasteiger charge is 2.58. The van der Waals surface area contributed by atoms with E-state index in [1.807, 2.05) is 0 Å². The number of hydrogen-bond donors (Lipinski definition) is 1.